The van der Waals surface area contributed by atoms with Crippen molar-refractivity contribution in [3.05, 3.63) is 34.9 Å². The topological polar surface area (TPSA) is 29.3 Å². The zero-order valence-electron chi connectivity index (χ0n) is 10.3. The molecule has 2 N–H and O–H groups in total. The minimum Gasteiger partial charge on any atom is -0.324 e. The molecule has 0 saturated heterocycles. The van der Waals surface area contributed by atoms with E-state index >= 15 is 0 Å². The lowest BCUT2D eigenvalue weighted by atomic mass is 10.1. The Morgan fingerprint density at radius 1 is 1.25 bits per heavy atom. The highest BCUT2D eigenvalue weighted by atomic mass is 35.5. The van der Waals surface area contributed by atoms with E-state index in [1.165, 1.54) is 5.56 Å². The second-order valence-electron chi connectivity index (χ2n) is 5.10. The van der Waals surface area contributed by atoms with E-state index in [2.05, 4.69) is 24.1 Å². The van der Waals surface area contributed by atoms with Gasteiger partial charge in [-0.1, -0.05) is 23.7 Å². The molecule has 3 heteroatoms. The number of nitrogens with zero attached hydrogens (tertiary/aromatic N) is 1. The van der Waals surface area contributed by atoms with Gasteiger partial charge in [0.2, 0.25) is 0 Å². The molecule has 0 spiro atoms. The van der Waals surface area contributed by atoms with Crippen molar-refractivity contribution in [3.8, 4) is 0 Å². The van der Waals surface area contributed by atoms with Crippen LogP contribution in [0.3, 0.4) is 0 Å². The van der Waals surface area contributed by atoms with E-state index in [1.807, 2.05) is 26.0 Å². The van der Waals surface area contributed by atoms with E-state index in [0.29, 0.717) is 0 Å². The van der Waals surface area contributed by atoms with Crippen molar-refractivity contribution in [2.75, 3.05) is 20.1 Å². The Labute approximate surface area is 103 Å². The van der Waals surface area contributed by atoms with Crippen LogP contribution in [0.25, 0.3) is 0 Å². The molecule has 0 aliphatic carbocycles. The number of hydrogen-bond donors (Lipinski definition) is 1. The standard InChI is InChI=1S/C13H21ClN2/c1-13(2,15)10-16(3)9-8-11-4-6-12(14)7-5-11/h4-7H,8-10,15H2,1-3H3. The van der Waals surface area contributed by atoms with Crippen molar-refractivity contribution < 1.29 is 0 Å². The van der Waals surface area contributed by atoms with E-state index < -0.39 is 0 Å². The summed E-state index contributed by atoms with van der Waals surface area (Å²) < 4.78 is 0. The van der Waals surface area contributed by atoms with Crippen molar-refractivity contribution >= 4 is 11.6 Å². The number of rotatable bonds is 5. The van der Waals surface area contributed by atoms with Gasteiger partial charge in [0, 0.05) is 23.7 Å². The summed E-state index contributed by atoms with van der Waals surface area (Å²) in [6.07, 6.45) is 1.03. The van der Waals surface area contributed by atoms with E-state index in [4.69, 9.17) is 17.3 Å². The van der Waals surface area contributed by atoms with Gasteiger partial charge >= 0.3 is 0 Å². The van der Waals surface area contributed by atoms with Crippen molar-refractivity contribution in [3.63, 3.8) is 0 Å². The maximum atomic E-state index is 5.97. The summed E-state index contributed by atoms with van der Waals surface area (Å²) in [6.45, 7) is 6.01. The Morgan fingerprint density at radius 2 is 1.81 bits per heavy atom. The molecule has 0 bridgehead atoms. The fraction of sp³-hybridized carbons (Fsp3) is 0.538. The summed E-state index contributed by atoms with van der Waals surface area (Å²) in [6, 6.07) is 8.01. The molecule has 0 amide bonds. The third kappa shape index (κ3) is 5.50. The third-order valence-corrected chi connectivity index (χ3v) is 2.62. The lowest BCUT2D eigenvalue weighted by Crippen LogP contribution is -2.44. The van der Waals surface area contributed by atoms with Crippen molar-refractivity contribution in [2.45, 2.75) is 25.8 Å². The molecule has 0 aliphatic rings. The van der Waals surface area contributed by atoms with Crippen LogP contribution in [-0.4, -0.2) is 30.6 Å². The molecule has 0 fully saturated rings. The molecule has 16 heavy (non-hydrogen) atoms. The minimum atomic E-state index is -0.130. The van der Waals surface area contributed by atoms with Crippen LogP contribution in [0.5, 0.6) is 0 Å². The number of halogens is 1. The zero-order chi connectivity index (χ0) is 12.2. The summed E-state index contributed by atoms with van der Waals surface area (Å²) in [5.41, 5.74) is 7.15. The molecular formula is C13H21ClN2. The fourth-order valence-electron chi connectivity index (χ4n) is 1.75. The maximum Gasteiger partial charge on any atom is 0.0406 e. The van der Waals surface area contributed by atoms with Crippen molar-refractivity contribution in [1.29, 1.82) is 0 Å². The summed E-state index contributed by atoms with van der Waals surface area (Å²) in [5.74, 6) is 0. The quantitative estimate of drug-likeness (QED) is 0.857. The van der Waals surface area contributed by atoms with Gasteiger partial charge in [-0.25, -0.2) is 0 Å². The second-order valence-corrected chi connectivity index (χ2v) is 5.54. The van der Waals surface area contributed by atoms with Gasteiger partial charge in [0.05, 0.1) is 0 Å². The van der Waals surface area contributed by atoms with Crippen molar-refractivity contribution in [2.24, 2.45) is 5.73 Å². The highest BCUT2D eigenvalue weighted by Crippen LogP contribution is 2.10. The molecule has 0 heterocycles. The smallest absolute Gasteiger partial charge is 0.0406 e. The van der Waals surface area contributed by atoms with Gasteiger partial charge in [0.1, 0.15) is 0 Å². The Bertz CT molecular complexity index is 314. The first kappa shape index (κ1) is 13.5. The van der Waals surface area contributed by atoms with Gasteiger partial charge in [0.15, 0.2) is 0 Å². The van der Waals surface area contributed by atoms with Gasteiger partial charge in [0.25, 0.3) is 0 Å². The molecule has 1 aromatic carbocycles. The minimum absolute atomic E-state index is 0.130. The number of likely N-dealkylation sites (N-methyl/N-ethyl adjacent to an activating group) is 1. The lowest BCUT2D eigenvalue weighted by Gasteiger charge is -2.26. The molecule has 0 unspecified atom stereocenters. The Balaban J connectivity index is 2.37. The zero-order valence-corrected chi connectivity index (χ0v) is 11.1. The van der Waals surface area contributed by atoms with Crippen LogP contribution >= 0.6 is 11.6 Å². The van der Waals surface area contributed by atoms with Gasteiger partial charge in [-0.2, -0.15) is 0 Å². The predicted octanol–water partition coefficient (Wildman–Crippen LogP) is 2.55. The molecule has 0 radical (unpaired) electrons. The molecule has 0 aliphatic heterocycles. The van der Waals surface area contributed by atoms with E-state index in [9.17, 15) is 0 Å². The van der Waals surface area contributed by atoms with Crippen LogP contribution in [0.15, 0.2) is 24.3 Å². The van der Waals surface area contributed by atoms with Gasteiger partial charge < -0.3 is 10.6 Å². The van der Waals surface area contributed by atoms with Crippen LogP contribution in [0.4, 0.5) is 0 Å². The third-order valence-electron chi connectivity index (χ3n) is 2.37. The van der Waals surface area contributed by atoms with Gasteiger partial charge in [-0.15, -0.1) is 0 Å². The molecule has 2 nitrogen and oxygen atoms in total. The number of nitrogens with two attached hydrogens (primary N) is 1. The number of hydrogen-bond acceptors (Lipinski definition) is 2. The predicted molar refractivity (Wildman–Crippen MR) is 70.9 cm³/mol. The van der Waals surface area contributed by atoms with Crippen molar-refractivity contribution in [1.82, 2.24) is 4.90 Å². The molecule has 0 saturated carbocycles. The normalized spacial score (nSPS) is 12.1. The Morgan fingerprint density at radius 3 is 2.31 bits per heavy atom. The summed E-state index contributed by atoms with van der Waals surface area (Å²) in [5, 5.41) is 0.792. The van der Waals surface area contributed by atoms with Crippen LogP contribution in [-0.2, 0) is 6.42 Å². The highest BCUT2D eigenvalue weighted by Gasteiger charge is 2.13. The highest BCUT2D eigenvalue weighted by molar-refractivity contribution is 6.30. The first-order chi connectivity index (χ1) is 7.37. The molecular weight excluding hydrogens is 220 g/mol. The fourth-order valence-corrected chi connectivity index (χ4v) is 1.87. The van der Waals surface area contributed by atoms with Gasteiger partial charge in [-0.3, -0.25) is 0 Å². The maximum absolute atomic E-state index is 5.97. The Hall–Kier alpha value is -0.570. The summed E-state index contributed by atoms with van der Waals surface area (Å²) >= 11 is 5.83. The first-order valence-corrected chi connectivity index (χ1v) is 5.96. The monoisotopic (exact) mass is 240 g/mol. The number of benzene rings is 1. The van der Waals surface area contributed by atoms with Crippen LogP contribution in [0.2, 0.25) is 5.02 Å². The summed E-state index contributed by atoms with van der Waals surface area (Å²) in [7, 11) is 2.10. The first-order valence-electron chi connectivity index (χ1n) is 5.59. The molecule has 0 atom stereocenters. The van der Waals surface area contributed by atoms with Crippen LogP contribution < -0.4 is 5.73 Å². The van der Waals surface area contributed by atoms with E-state index in [1.54, 1.807) is 0 Å². The SMILES string of the molecule is CN(CCc1ccc(Cl)cc1)CC(C)(C)N. The molecule has 1 rings (SSSR count). The van der Waals surface area contributed by atoms with E-state index in [-0.39, 0.29) is 5.54 Å². The molecule has 0 aromatic heterocycles. The van der Waals surface area contributed by atoms with E-state index in [0.717, 1.165) is 24.5 Å². The molecule has 90 valence electrons. The Kier molecular flexibility index (Phi) is 4.78. The average molecular weight is 241 g/mol. The summed E-state index contributed by atoms with van der Waals surface area (Å²) in [4.78, 5) is 2.26. The second kappa shape index (κ2) is 5.67. The van der Waals surface area contributed by atoms with Crippen LogP contribution in [0.1, 0.15) is 19.4 Å². The van der Waals surface area contributed by atoms with Gasteiger partial charge in [-0.05, 0) is 45.0 Å². The lowest BCUT2D eigenvalue weighted by molar-refractivity contribution is 0.273. The molecule has 1 aromatic rings. The average Bonchev–Trinajstić information content (AvgIpc) is 2.14. The van der Waals surface area contributed by atoms with Crippen LogP contribution in [0, 0.1) is 0 Å². The largest absolute Gasteiger partial charge is 0.324 e.